The summed E-state index contributed by atoms with van der Waals surface area (Å²) in [5, 5.41) is 2.04. The van der Waals surface area contributed by atoms with Crippen LogP contribution in [0.4, 0.5) is 5.82 Å². The van der Waals surface area contributed by atoms with Crippen LogP contribution in [0.5, 0.6) is 5.75 Å². The van der Waals surface area contributed by atoms with E-state index >= 15 is 0 Å². The minimum absolute atomic E-state index is 0.288. The lowest BCUT2D eigenvalue weighted by atomic mass is 9.94. The van der Waals surface area contributed by atoms with E-state index in [1.54, 1.807) is 6.20 Å². The van der Waals surface area contributed by atoms with Gasteiger partial charge in [0.15, 0.2) is 0 Å². The summed E-state index contributed by atoms with van der Waals surface area (Å²) in [6.45, 7) is 0. The minimum atomic E-state index is 0.288. The molecule has 4 N–H and O–H groups in total. The fourth-order valence-corrected chi connectivity index (χ4v) is 2.65. The highest BCUT2D eigenvalue weighted by Crippen LogP contribution is 2.27. The van der Waals surface area contributed by atoms with Crippen LogP contribution in [-0.4, -0.2) is 17.1 Å². The largest absolute Gasteiger partial charge is 0.490 e. The second kappa shape index (κ2) is 5.05. The van der Waals surface area contributed by atoms with Gasteiger partial charge in [-0.1, -0.05) is 0 Å². The number of rotatable bonds is 2. The fourth-order valence-electron chi connectivity index (χ4n) is 2.65. The topological polar surface area (TPSA) is 74.2 Å². The van der Waals surface area contributed by atoms with Crippen LogP contribution in [0.15, 0.2) is 30.5 Å². The van der Waals surface area contributed by atoms with Crippen molar-refractivity contribution in [2.45, 2.75) is 37.8 Å². The predicted octanol–water partition coefficient (Wildman–Crippen LogP) is 2.47. The third kappa shape index (κ3) is 2.63. The van der Waals surface area contributed by atoms with E-state index < -0.39 is 0 Å². The molecule has 1 heterocycles. The Morgan fingerprint density at radius 3 is 2.68 bits per heavy atom. The quantitative estimate of drug-likeness (QED) is 0.866. The van der Waals surface area contributed by atoms with Gasteiger partial charge in [-0.15, -0.1) is 0 Å². The zero-order valence-electron chi connectivity index (χ0n) is 10.9. The Kier molecular flexibility index (Phi) is 3.25. The van der Waals surface area contributed by atoms with Crippen molar-refractivity contribution in [2.24, 2.45) is 5.73 Å². The zero-order chi connectivity index (χ0) is 13.2. The second-order valence-electron chi connectivity index (χ2n) is 5.23. The summed E-state index contributed by atoms with van der Waals surface area (Å²) in [4.78, 5) is 4.08. The Balaban J connectivity index is 1.78. The smallest absolute Gasteiger partial charge is 0.131 e. The molecular formula is C15H19N3O. The molecule has 0 amide bonds. The molecule has 1 saturated carbocycles. The summed E-state index contributed by atoms with van der Waals surface area (Å²) in [6.07, 6.45) is 6.19. The van der Waals surface area contributed by atoms with E-state index in [9.17, 15) is 0 Å². The van der Waals surface area contributed by atoms with E-state index in [1.165, 1.54) is 0 Å². The summed E-state index contributed by atoms with van der Waals surface area (Å²) < 4.78 is 6.03. The summed E-state index contributed by atoms with van der Waals surface area (Å²) in [5.74, 6) is 1.46. The Morgan fingerprint density at radius 2 is 1.89 bits per heavy atom. The van der Waals surface area contributed by atoms with Crippen molar-refractivity contribution in [3.8, 4) is 5.75 Å². The second-order valence-corrected chi connectivity index (χ2v) is 5.23. The predicted molar refractivity (Wildman–Crippen MR) is 77.0 cm³/mol. The van der Waals surface area contributed by atoms with Gasteiger partial charge >= 0.3 is 0 Å². The average Bonchev–Trinajstić information content (AvgIpc) is 2.42. The molecule has 0 saturated heterocycles. The molecule has 0 spiro atoms. The minimum Gasteiger partial charge on any atom is -0.490 e. The molecule has 4 nitrogen and oxygen atoms in total. The van der Waals surface area contributed by atoms with Crippen molar-refractivity contribution in [1.29, 1.82) is 0 Å². The van der Waals surface area contributed by atoms with Gasteiger partial charge in [-0.25, -0.2) is 4.98 Å². The highest BCUT2D eigenvalue weighted by atomic mass is 16.5. The molecule has 1 aliphatic rings. The molecule has 1 aliphatic carbocycles. The number of hydrogen-bond acceptors (Lipinski definition) is 4. The molecule has 0 bridgehead atoms. The Hall–Kier alpha value is -1.81. The average molecular weight is 257 g/mol. The van der Waals surface area contributed by atoms with Gasteiger partial charge in [-0.2, -0.15) is 0 Å². The SMILES string of the molecule is Nc1nccc2cc(O[C@H]3CC[C@H](N)CC3)ccc12. The number of nitrogens with zero attached hydrogens (tertiary/aromatic N) is 1. The maximum atomic E-state index is 6.03. The number of pyridine rings is 1. The van der Waals surface area contributed by atoms with Gasteiger partial charge in [0.1, 0.15) is 11.6 Å². The van der Waals surface area contributed by atoms with Crippen LogP contribution in [0, 0.1) is 0 Å². The van der Waals surface area contributed by atoms with Crippen LogP contribution in [-0.2, 0) is 0 Å². The lowest BCUT2D eigenvalue weighted by Crippen LogP contribution is -2.31. The first-order valence-electron chi connectivity index (χ1n) is 6.79. The van der Waals surface area contributed by atoms with E-state index in [1.807, 2.05) is 24.3 Å². The van der Waals surface area contributed by atoms with Gasteiger partial charge in [0.25, 0.3) is 0 Å². The van der Waals surface area contributed by atoms with Crippen molar-refractivity contribution in [2.75, 3.05) is 5.73 Å². The number of fused-ring (bicyclic) bond motifs is 1. The van der Waals surface area contributed by atoms with E-state index in [4.69, 9.17) is 16.2 Å². The fraction of sp³-hybridized carbons (Fsp3) is 0.400. The van der Waals surface area contributed by atoms with Crippen molar-refractivity contribution < 1.29 is 4.74 Å². The maximum Gasteiger partial charge on any atom is 0.131 e. The molecular weight excluding hydrogens is 238 g/mol. The summed E-state index contributed by atoms with van der Waals surface area (Å²) in [7, 11) is 0. The standard InChI is InChI=1S/C15H19N3O/c16-11-1-3-12(4-2-11)19-13-5-6-14-10(9-13)7-8-18-15(14)17/h5-9,11-12H,1-4,16H2,(H2,17,18)/t11-,12-. The highest BCUT2D eigenvalue weighted by molar-refractivity contribution is 5.91. The number of nitrogens with two attached hydrogens (primary N) is 2. The monoisotopic (exact) mass is 257 g/mol. The number of nitrogen functional groups attached to an aromatic ring is 1. The van der Waals surface area contributed by atoms with Crippen LogP contribution < -0.4 is 16.2 Å². The highest BCUT2D eigenvalue weighted by Gasteiger charge is 2.19. The normalized spacial score (nSPS) is 23.4. The van der Waals surface area contributed by atoms with E-state index in [0.717, 1.165) is 42.2 Å². The third-order valence-corrected chi connectivity index (χ3v) is 3.79. The Labute approximate surface area is 112 Å². The van der Waals surface area contributed by atoms with Gasteiger partial charge in [-0.05, 0) is 55.3 Å². The maximum absolute atomic E-state index is 6.03. The number of benzene rings is 1. The first-order valence-corrected chi connectivity index (χ1v) is 6.79. The lowest BCUT2D eigenvalue weighted by molar-refractivity contribution is 0.147. The van der Waals surface area contributed by atoms with Crippen LogP contribution in [0.25, 0.3) is 10.8 Å². The molecule has 0 radical (unpaired) electrons. The van der Waals surface area contributed by atoms with E-state index in [2.05, 4.69) is 4.98 Å². The van der Waals surface area contributed by atoms with Crippen LogP contribution in [0.2, 0.25) is 0 Å². The molecule has 0 atom stereocenters. The van der Waals surface area contributed by atoms with Crippen LogP contribution in [0.3, 0.4) is 0 Å². The van der Waals surface area contributed by atoms with Gasteiger partial charge in [0.05, 0.1) is 6.10 Å². The van der Waals surface area contributed by atoms with E-state index in [0.29, 0.717) is 11.9 Å². The van der Waals surface area contributed by atoms with E-state index in [-0.39, 0.29) is 6.10 Å². The molecule has 0 unspecified atom stereocenters. The number of anilines is 1. The Bertz CT molecular complexity index is 577. The van der Waals surface area contributed by atoms with Crippen molar-refractivity contribution in [3.63, 3.8) is 0 Å². The molecule has 3 rings (SSSR count). The van der Waals surface area contributed by atoms with Crippen molar-refractivity contribution in [3.05, 3.63) is 30.5 Å². The Morgan fingerprint density at radius 1 is 1.11 bits per heavy atom. The van der Waals surface area contributed by atoms with Gasteiger partial charge in [-0.3, -0.25) is 0 Å². The molecule has 2 aromatic rings. The molecule has 1 fully saturated rings. The molecule has 0 aliphatic heterocycles. The van der Waals surface area contributed by atoms with Crippen molar-refractivity contribution >= 4 is 16.6 Å². The number of ether oxygens (including phenoxy) is 1. The van der Waals surface area contributed by atoms with Crippen LogP contribution in [0.1, 0.15) is 25.7 Å². The van der Waals surface area contributed by atoms with Gasteiger partial charge in [0, 0.05) is 17.6 Å². The summed E-state index contributed by atoms with van der Waals surface area (Å²) in [6, 6.07) is 8.27. The lowest BCUT2D eigenvalue weighted by Gasteiger charge is -2.26. The molecule has 19 heavy (non-hydrogen) atoms. The van der Waals surface area contributed by atoms with Gasteiger partial charge < -0.3 is 16.2 Å². The summed E-state index contributed by atoms with van der Waals surface area (Å²) >= 11 is 0. The van der Waals surface area contributed by atoms with Crippen LogP contribution >= 0.6 is 0 Å². The van der Waals surface area contributed by atoms with Gasteiger partial charge in [0.2, 0.25) is 0 Å². The molecule has 4 heteroatoms. The third-order valence-electron chi connectivity index (χ3n) is 3.79. The molecule has 1 aromatic heterocycles. The zero-order valence-corrected chi connectivity index (χ0v) is 10.9. The van der Waals surface area contributed by atoms with Crippen molar-refractivity contribution in [1.82, 2.24) is 4.98 Å². The molecule has 1 aromatic carbocycles. The summed E-state index contributed by atoms with van der Waals surface area (Å²) in [5.41, 5.74) is 11.7. The molecule has 100 valence electrons. The first kappa shape index (κ1) is 12.2. The number of aromatic nitrogens is 1. The first-order chi connectivity index (χ1) is 9.22. The number of hydrogen-bond donors (Lipinski definition) is 2.